The summed E-state index contributed by atoms with van der Waals surface area (Å²) in [4.78, 5) is 45.6. The van der Waals surface area contributed by atoms with E-state index in [0.29, 0.717) is 56.2 Å². The smallest absolute Gasteiger partial charge is 0.280 e. The minimum absolute atomic E-state index is 0.287. The lowest BCUT2D eigenvalue weighted by atomic mass is 9.98. The summed E-state index contributed by atoms with van der Waals surface area (Å²) in [6.45, 7) is 0. The maximum atomic E-state index is 15.6. The highest BCUT2D eigenvalue weighted by atomic mass is 16.1. The summed E-state index contributed by atoms with van der Waals surface area (Å²) in [5, 5.41) is 1.55. The Hall–Kier alpha value is -8.23. The van der Waals surface area contributed by atoms with Gasteiger partial charge in [0.05, 0.1) is 16.6 Å². The average Bonchev–Trinajstić information content (AvgIpc) is 3.66. The predicted molar refractivity (Wildman–Crippen MR) is 236 cm³/mol. The van der Waals surface area contributed by atoms with Crippen LogP contribution in [0.15, 0.2) is 204 Å². The average molecular weight is 761 g/mol. The molecule has 7 aromatic carbocycles. The zero-order chi connectivity index (χ0) is 39.5. The lowest BCUT2D eigenvalue weighted by Crippen LogP contribution is -2.28. The zero-order valence-electron chi connectivity index (χ0n) is 31.5. The van der Waals surface area contributed by atoms with Crippen molar-refractivity contribution in [2.45, 2.75) is 0 Å². The fourth-order valence-corrected chi connectivity index (χ4v) is 8.33. The van der Waals surface area contributed by atoms with E-state index in [1.807, 2.05) is 199 Å². The number of para-hydroxylation sites is 4. The lowest BCUT2D eigenvalue weighted by molar-refractivity contribution is 1.00. The number of benzene rings is 7. The molecule has 0 N–H and O–H groups in total. The molecule has 59 heavy (non-hydrogen) atoms. The van der Waals surface area contributed by atoms with Crippen molar-refractivity contribution in [2.24, 2.45) is 0 Å². The standard InChI is InChI=1S/C51H32N6O2/c58-50-45-43(33-18-5-1-6-19-33)44-39-28-13-14-29-40(39)55(46(44)51(59)57(45)42-31-16-15-30-41(42)56(50)37-25-11-4-12-26-37)38-27-17-24-36(32-38)49-53-47(34-20-7-2-8-21-34)52-48(54-49)35-22-9-3-10-23-35/h1-32H. The highest BCUT2D eigenvalue weighted by Crippen LogP contribution is 2.40. The van der Waals surface area contributed by atoms with Gasteiger partial charge in [0.2, 0.25) is 0 Å². The van der Waals surface area contributed by atoms with E-state index in [2.05, 4.69) is 0 Å². The molecule has 0 unspecified atom stereocenters. The predicted octanol–water partition coefficient (Wildman–Crippen LogP) is 10.6. The summed E-state index contributed by atoms with van der Waals surface area (Å²) in [5.74, 6) is 1.61. The largest absolute Gasteiger partial charge is 0.304 e. The van der Waals surface area contributed by atoms with Crippen molar-refractivity contribution in [2.75, 3.05) is 0 Å². The first kappa shape index (κ1) is 34.1. The Morgan fingerprint density at radius 1 is 0.356 bits per heavy atom. The fourth-order valence-electron chi connectivity index (χ4n) is 8.33. The highest BCUT2D eigenvalue weighted by molar-refractivity contribution is 6.19. The van der Waals surface area contributed by atoms with Crippen molar-refractivity contribution < 1.29 is 0 Å². The van der Waals surface area contributed by atoms with E-state index < -0.39 is 0 Å². The van der Waals surface area contributed by atoms with Gasteiger partial charge >= 0.3 is 0 Å². The van der Waals surface area contributed by atoms with Gasteiger partial charge < -0.3 is 4.57 Å². The van der Waals surface area contributed by atoms with Crippen molar-refractivity contribution in [3.05, 3.63) is 215 Å². The van der Waals surface area contributed by atoms with Crippen LogP contribution in [0.5, 0.6) is 0 Å². The maximum absolute atomic E-state index is 15.6. The molecule has 0 aliphatic rings. The van der Waals surface area contributed by atoms with E-state index in [-0.39, 0.29) is 11.1 Å². The summed E-state index contributed by atoms with van der Waals surface area (Å²) in [5.41, 5.74) is 7.70. The number of aromatic nitrogens is 6. The van der Waals surface area contributed by atoms with Gasteiger partial charge in [-0.1, -0.05) is 152 Å². The second-order valence-corrected chi connectivity index (χ2v) is 14.4. The Morgan fingerprint density at radius 2 is 0.831 bits per heavy atom. The fraction of sp³-hybridized carbons (Fsp3) is 0. The van der Waals surface area contributed by atoms with Gasteiger partial charge in [0.25, 0.3) is 11.1 Å². The topological polar surface area (TPSA) is 87.1 Å². The van der Waals surface area contributed by atoms with E-state index >= 15 is 9.59 Å². The Morgan fingerprint density at radius 3 is 1.46 bits per heavy atom. The van der Waals surface area contributed by atoms with Gasteiger partial charge in [-0.25, -0.2) is 15.0 Å². The number of hydrogen-bond donors (Lipinski definition) is 0. The van der Waals surface area contributed by atoms with Crippen LogP contribution in [0.3, 0.4) is 0 Å². The van der Waals surface area contributed by atoms with Crippen LogP contribution in [0.2, 0.25) is 0 Å². The molecule has 11 aromatic rings. The minimum Gasteiger partial charge on any atom is -0.304 e. The van der Waals surface area contributed by atoms with Crippen molar-refractivity contribution in [3.8, 4) is 56.7 Å². The Labute approximate surface area is 337 Å². The lowest BCUT2D eigenvalue weighted by Gasteiger charge is -2.18. The first-order valence-corrected chi connectivity index (χ1v) is 19.4. The second-order valence-electron chi connectivity index (χ2n) is 14.4. The quantitative estimate of drug-likeness (QED) is 0.158. The SMILES string of the molecule is O=c1c2c(-c3ccccc3)c3c4ccccc4n(-c4cccc(-c5nc(-c6ccccc6)nc(-c6ccccc6)n5)c4)c3c(=O)n2c2ccccc2n1-c1ccccc1. The summed E-state index contributed by atoms with van der Waals surface area (Å²) >= 11 is 0. The van der Waals surface area contributed by atoms with E-state index in [0.717, 1.165) is 38.8 Å². The van der Waals surface area contributed by atoms with Gasteiger partial charge in [-0.05, 0) is 48.0 Å². The number of nitrogens with zero attached hydrogens (tertiary/aromatic N) is 6. The van der Waals surface area contributed by atoms with Gasteiger partial charge in [0.15, 0.2) is 17.5 Å². The Kier molecular flexibility index (Phi) is 7.94. The van der Waals surface area contributed by atoms with Gasteiger partial charge in [0, 0.05) is 44.4 Å². The normalized spacial score (nSPS) is 11.5. The molecule has 0 fully saturated rings. The monoisotopic (exact) mass is 760 g/mol. The molecular formula is C51H32N6O2. The summed E-state index contributed by atoms with van der Waals surface area (Å²) in [6, 6.07) is 62.8. The molecule has 4 aromatic heterocycles. The maximum Gasteiger partial charge on any atom is 0.280 e. The molecule has 0 aliphatic heterocycles. The molecule has 8 nitrogen and oxygen atoms in total. The zero-order valence-corrected chi connectivity index (χ0v) is 31.5. The molecule has 0 radical (unpaired) electrons. The van der Waals surface area contributed by atoms with Crippen LogP contribution in [-0.2, 0) is 0 Å². The van der Waals surface area contributed by atoms with E-state index in [4.69, 9.17) is 15.0 Å². The molecule has 0 spiro atoms. The van der Waals surface area contributed by atoms with Crippen LogP contribution in [0.1, 0.15) is 0 Å². The number of hydrogen-bond acceptors (Lipinski definition) is 5. The van der Waals surface area contributed by atoms with Crippen molar-refractivity contribution in [1.29, 1.82) is 0 Å². The molecule has 278 valence electrons. The molecule has 0 atom stereocenters. The van der Waals surface area contributed by atoms with Crippen molar-refractivity contribution >= 4 is 38.4 Å². The summed E-state index contributed by atoms with van der Waals surface area (Å²) < 4.78 is 5.35. The second kappa shape index (κ2) is 13.8. The van der Waals surface area contributed by atoms with Crippen LogP contribution in [0, 0.1) is 0 Å². The molecule has 0 saturated carbocycles. The number of pyridine rings is 1. The van der Waals surface area contributed by atoms with Crippen LogP contribution >= 0.6 is 0 Å². The summed E-state index contributed by atoms with van der Waals surface area (Å²) in [6.07, 6.45) is 0. The van der Waals surface area contributed by atoms with Crippen LogP contribution in [-0.4, -0.2) is 28.5 Å². The van der Waals surface area contributed by atoms with E-state index in [9.17, 15) is 0 Å². The number of fused-ring (bicyclic) bond motifs is 6. The van der Waals surface area contributed by atoms with Crippen molar-refractivity contribution in [1.82, 2.24) is 28.5 Å². The number of rotatable bonds is 6. The highest BCUT2D eigenvalue weighted by Gasteiger charge is 2.27. The first-order chi connectivity index (χ1) is 29.1. The van der Waals surface area contributed by atoms with Crippen LogP contribution < -0.4 is 11.1 Å². The molecular weight excluding hydrogens is 729 g/mol. The molecule has 11 rings (SSSR count). The third-order valence-electron chi connectivity index (χ3n) is 10.9. The van der Waals surface area contributed by atoms with Gasteiger partial charge in [-0.2, -0.15) is 0 Å². The molecule has 0 aliphatic carbocycles. The third kappa shape index (κ3) is 5.49. The molecule has 0 saturated heterocycles. The minimum atomic E-state index is -0.303. The third-order valence-corrected chi connectivity index (χ3v) is 10.9. The Bertz CT molecular complexity index is 3470. The Balaban J connectivity index is 1.25. The van der Waals surface area contributed by atoms with Crippen molar-refractivity contribution in [3.63, 3.8) is 0 Å². The van der Waals surface area contributed by atoms with Gasteiger partial charge in [0.1, 0.15) is 11.0 Å². The van der Waals surface area contributed by atoms with Crippen LogP contribution in [0.25, 0.3) is 95.0 Å². The molecule has 4 heterocycles. The molecule has 0 bridgehead atoms. The van der Waals surface area contributed by atoms with Gasteiger partial charge in [-0.3, -0.25) is 18.6 Å². The molecule has 8 heteroatoms. The molecule has 0 amide bonds. The van der Waals surface area contributed by atoms with E-state index in [1.165, 1.54) is 0 Å². The first-order valence-electron chi connectivity index (χ1n) is 19.4. The summed E-state index contributed by atoms with van der Waals surface area (Å²) in [7, 11) is 0. The van der Waals surface area contributed by atoms with Crippen LogP contribution in [0.4, 0.5) is 0 Å². The van der Waals surface area contributed by atoms with Gasteiger partial charge in [-0.15, -0.1) is 0 Å². The van der Waals surface area contributed by atoms with E-state index in [1.54, 1.807) is 8.97 Å².